The maximum Gasteiger partial charge on any atom is 0.175 e. The number of sulfone groups is 1. The lowest BCUT2D eigenvalue weighted by Gasteiger charge is -2.13. The van der Waals surface area contributed by atoms with E-state index in [0.717, 1.165) is 37.1 Å². The normalized spacial score (nSPS) is 16.2. The van der Waals surface area contributed by atoms with Crippen LogP contribution >= 0.6 is 12.4 Å². The molecule has 2 rings (SSSR count). The molecule has 1 aliphatic heterocycles. The van der Waals surface area contributed by atoms with Gasteiger partial charge in [-0.1, -0.05) is 0 Å². The molecule has 6 heteroatoms. The van der Waals surface area contributed by atoms with Crippen molar-refractivity contribution in [2.75, 3.05) is 33.5 Å². The van der Waals surface area contributed by atoms with E-state index in [4.69, 9.17) is 4.74 Å². The molecule has 1 aromatic rings. The van der Waals surface area contributed by atoms with Gasteiger partial charge in [0.2, 0.25) is 0 Å². The maximum absolute atomic E-state index is 11.9. The first kappa shape index (κ1) is 16.3. The second-order valence-corrected chi connectivity index (χ2v) is 6.82. The van der Waals surface area contributed by atoms with Gasteiger partial charge in [0.15, 0.2) is 9.84 Å². The van der Waals surface area contributed by atoms with E-state index in [9.17, 15) is 8.42 Å². The zero-order valence-electron chi connectivity index (χ0n) is 11.5. The Morgan fingerprint density at radius 1 is 1.21 bits per heavy atom. The summed E-state index contributed by atoms with van der Waals surface area (Å²) in [6.07, 6.45) is 2.90. The molecule has 0 unspecified atom stereocenters. The molecule has 0 N–H and O–H groups in total. The van der Waals surface area contributed by atoms with Crippen LogP contribution in [-0.4, -0.2) is 46.8 Å². The lowest BCUT2D eigenvalue weighted by Crippen LogP contribution is -2.20. The molecule has 1 aromatic carbocycles. The van der Waals surface area contributed by atoms with Crippen molar-refractivity contribution in [1.29, 1.82) is 0 Å². The molecule has 1 aliphatic rings. The van der Waals surface area contributed by atoms with Crippen LogP contribution in [0.15, 0.2) is 17.0 Å². The van der Waals surface area contributed by atoms with Gasteiger partial charge in [-0.15, -0.1) is 12.4 Å². The second-order valence-electron chi connectivity index (χ2n) is 4.84. The molecule has 0 spiro atoms. The summed E-state index contributed by atoms with van der Waals surface area (Å²) < 4.78 is 29.0. The van der Waals surface area contributed by atoms with Gasteiger partial charge in [0.05, 0.1) is 12.0 Å². The standard InChI is InChI=1S/C13H19NO3S.ClH/c1-14-6-4-10-8-11(17-2)9-13(18(3,15)16)12(10)5-7-14;/h8-9H,4-7H2,1-3H3;1H. The Morgan fingerprint density at radius 2 is 1.84 bits per heavy atom. The summed E-state index contributed by atoms with van der Waals surface area (Å²) in [7, 11) is 0.416. The van der Waals surface area contributed by atoms with Crippen molar-refractivity contribution in [2.45, 2.75) is 17.7 Å². The highest BCUT2D eigenvalue weighted by molar-refractivity contribution is 7.90. The van der Waals surface area contributed by atoms with Crippen molar-refractivity contribution >= 4 is 22.2 Å². The minimum Gasteiger partial charge on any atom is -0.497 e. The predicted octanol–water partition coefficient (Wildman–Crippen LogP) is 1.55. The van der Waals surface area contributed by atoms with Crippen molar-refractivity contribution in [3.63, 3.8) is 0 Å². The molecule has 0 atom stereocenters. The van der Waals surface area contributed by atoms with Gasteiger partial charge in [0, 0.05) is 19.3 Å². The van der Waals surface area contributed by atoms with Gasteiger partial charge in [0.25, 0.3) is 0 Å². The van der Waals surface area contributed by atoms with E-state index < -0.39 is 9.84 Å². The molecule has 0 fully saturated rings. The Morgan fingerprint density at radius 3 is 2.42 bits per heavy atom. The molecule has 0 bridgehead atoms. The molecule has 0 radical (unpaired) electrons. The molecule has 1 heterocycles. The van der Waals surface area contributed by atoms with Gasteiger partial charge < -0.3 is 9.64 Å². The number of nitrogens with zero attached hydrogens (tertiary/aromatic N) is 1. The maximum atomic E-state index is 11.9. The van der Waals surface area contributed by atoms with Crippen molar-refractivity contribution in [1.82, 2.24) is 4.90 Å². The quantitative estimate of drug-likeness (QED) is 0.832. The number of hydrogen-bond donors (Lipinski definition) is 0. The van der Waals surface area contributed by atoms with Crippen molar-refractivity contribution in [3.8, 4) is 5.75 Å². The topological polar surface area (TPSA) is 46.6 Å². The Labute approximate surface area is 121 Å². The minimum absolute atomic E-state index is 0. The van der Waals surface area contributed by atoms with Crippen LogP contribution in [0.4, 0.5) is 0 Å². The van der Waals surface area contributed by atoms with Gasteiger partial charge in [-0.25, -0.2) is 8.42 Å². The zero-order chi connectivity index (χ0) is 13.3. The molecule has 108 valence electrons. The number of hydrogen-bond acceptors (Lipinski definition) is 4. The molecule has 0 saturated carbocycles. The van der Waals surface area contributed by atoms with Crippen molar-refractivity contribution in [3.05, 3.63) is 23.3 Å². The first-order chi connectivity index (χ1) is 8.41. The summed E-state index contributed by atoms with van der Waals surface area (Å²) in [5, 5.41) is 0. The van der Waals surface area contributed by atoms with Crippen LogP contribution in [0.5, 0.6) is 5.75 Å². The zero-order valence-corrected chi connectivity index (χ0v) is 13.1. The Balaban J connectivity index is 0.00000180. The number of ether oxygens (including phenoxy) is 1. The molecular formula is C13H20ClNO3S. The molecule has 4 nitrogen and oxygen atoms in total. The second kappa shape index (κ2) is 6.11. The highest BCUT2D eigenvalue weighted by Gasteiger charge is 2.21. The summed E-state index contributed by atoms with van der Waals surface area (Å²) in [5.41, 5.74) is 2.06. The number of rotatable bonds is 2. The smallest absolute Gasteiger partial charge is 0.175 e. The summed E-state index contributed by atoms with van der Waals surface area (Å²) >= 11 is 0. The van der Waals surface area contributed by atoms with Crippen LogP contribution in [-0.2, 0) is 22.7 Å². The number of likely N-dealkylation sites (N-methyl/N-ethyl adjacent to an activating group) is 1. The largest absolute Gasteiger partial charge is 0.497 e. The fourth-order valence-corrected chi connectivity index (χ4v) is 3.37. The lowest BCUT2D eigenvalue weighted by atomic mass is 10.0. The average Bonchev–Trinajstić information content (AvgIpc) is 2.49. The number of fused-ring (bicyclic) bond motifs is 1. The van der Waals surface area contributed by atoms with Crippen LogP contribution in [0.25, 0.3) is 0 Å². The SMILES string of the molecule is COc1cc2c(c(S(C)(=O)=O)c1)CCN(C)CC2.Cl. The third kappa shape index (κ3) is 3.61. The summed E-state index contributed by atoms with van der Waals surface area (Å²) in [6.45, 7) is 1.84. The predicted molar refractivity (Wildman–Crippen MR) is 78.3 cm³/mol. The van der Waals surface area contributed by atoms with E-state index in [2.05, 4.69) is 11.9 Å². The van der Waals surface area contributed by atoms with E-state index in [-0.39, 0.29) is 12.4 Å². The summed E-state index contributed by atoms with van der Waals surface area (Å²) in [6, 6.07) is 3.60. The molecule has 0 saturated heterocycles. The van der Waals surface area contributed by atoms with Crippen LogP contribution in [0.2, 0.25) is 0 Å². The van der Waals surface area contributed by atoms with Gasteiger partial charge in [-0.2, -0.15) is 0 Å². The van der Waals surface area contributed by atoms with Crippen LogP contribution in [0.1, 0.15) is 11.1 Å². The van der Waals surface area contributed by atoms with Gasteiger partial charge in [-0.05, 0) is 43.1 Å². The third-order valence-electron chi connectivity index (χ3n) is 3.42. The summed E-state index contributed by atoms with van der Waals surface area (Å²) in [4.78, 5) is 2.64. The highest BCUT2D eigenvalue weighted by Crippen LogP contribution is 2.28. The number of benzene rings is 1. The fraction of sp³-hybridized carbons (Fsp3) is 0.538. The average molecular weight is 306 g/mol. The first-order valence-corrected chi connectivity index (χ1v) is 7.89. The Kier molecular flexibility index (Phi) is 5.24. The van der Waals surface area contributed by atoms with E-state index in [1.807, 2.05) is 6.07 Å². The Bertz CT molecular complexity index is 557. The first-order valence-electron chi connectivity index (χ1n) is 6.00. The molecule has 19 heavy (non-hydrogen) atoms. The fourth-order valence-electron chi connectivity index (χ4n) is 2.36. The van der Waals surface area contributed by atoms with E-state index in [0.29, 0.717) is 10.6 Å². The summed E-state index contributed by atoms with van der Waals surface area (Å²) in [5.74, 6) is 0.624. The van der Waals surface area contributed by atoms with Gasteiger partial charge in [-0.3, -0.25) is 0 Å². The molecule has 0 aromatic heterocycles. The minimum atomic E-state index is -3.21. The van der Waals surface area contributed by atoms with E-state index in [1.165, 1.54) is 6.26 Å². The van der Waals surface area contributed by atoms with Gasteiger partial charge in [0.1, 0.15) is 5.75 Å². The highest BCUT2D eigenvalue weighted by atomic mass is 35.5. The van der Waals surface area contributed by atoms with E-state index >= 15 is 0 Å². The molecular weight excluding hydrogens is 286 g/mol. The van der Waals surface area contributed by atoms with Crippen LogP contribution in [0.3, 0.4) is 0 Å². The molecule has 0 amide bonds. The van der Waals surface area contributed by atoms with Crippen LogP contribution < -0.4 is 4.74 Å². The Hall–Kier alpha value is -0.780. The van der Waals surface area contributed by atoms with Gasteiger partial charge >= 0.3 is 0 Å². The van der Waals surface area contributed by atoms with Crippen LogP contribution in [0, 0.1) is 0 Å². The van der Waals surface area contributed by atoms with E-state index in [1.54, 1.807) is 13.2 Å². The number of methoxy groups -OCH3 is 1. The lowest BCUT2D eigenvalue weighted by molar-refractivity contribution is 0.352. The monoisotopic (exact) mass is 305 g/mol. The molecule has 0 aliphatic carbocycles. The van der Waals surface area contributed by atoms with Crippen molar-refractivity contribution < 1.29 is 13.2 Å². The third-order valence-corrected chi connectivity index (χ3v) is 4.58. The van der Waals surface area contributed by atoms with Crippen molar-refractivity contribution in [2.24, 2.45) is 0 Å². The number of halogens is 1.